The van der Waals surface area contributed by atoms with E-state index in [1.165, 1.54) is 0 Å². The van der Waals surface area contributed by atoms with Gasteiger partial charge in [-0.1, -0.05) is 22.9 Å². The Hall–Kier alpha value is -0.840. The van der Waals surface area contributed by atoms with E-state index in [1.807, 2.05) is 10.8 Å². The van der Waals surface area contributed by atoms with Crippen LogP contribution >= 0.6 is 15.9 Å². The molecule has 0 saturated heterocycles. The van der Waals surface area contributed by atoms with Crippen molar-refractivity contribution in [2.75, 3.05) is 5.33 Å². The van der Waals surface area contributed by atoms with Gasteiger partial charge in [0.15, 0.2) is 0 Å². The van der Waals surface area contributed by atoms with Crippen molar-refractivity contribution in [2.45, 2.75) is 32.4 Å². The molecule has 84 valence electrons. The van der Waals surface area contributed by atoms with Crippen LogP contribution in [0.3, 0.4) is 0 Å². The molecule has 0 aliphatic heterocycles. The van der Waals surface area contributed by atoms with Gasteiger partial charge < -0.3 is 9.88 Å². The summed E-state index contributed by atoms with van der Waals surface area (Å²) in [6, 6.07) is 0.186. The maximum atomic E-state index is 11.4. The SMILES string of the molecule is CCC(Cn1ccnc1)NC(=O)CCBr. The normalized spacial score (nSPS) is 12.4. The summed E-state index contributed by atoms with van der Waals surface area (Å²) in [5.74, 6) is 0.0961. The van der Waals surface area contributed by atoms with Crippen LogP contribution in [-0.2, 0) is 11.3 Å². The molecule has 1 aromatic rings. The number of carbonyl (C=O) groups excluding carboxylic acids is 1. The average molecular weight is 274 g/mol. The molecule has 1 unspecified atom stereocenters. The Bertz CT molecular complexity index is 287. The lowest BCUT2D eigenvalue weighted by Crippen LogP contribution is -2.37. The number of imidazole rings is 1. The van der Waals surface area contributed by atoms with E-state index in [1.54, 1.807) is 12.5 Å². The Balaban J connectivity index is 2.39. The minimum atomic E-state index is 0.0961. The van der Waals surface area contributed by atoms with Crippen LogP contribution in [0.15, 0.2) is 18.7 Å². The van der Waals surface area contributed by atoms with Crippen molar-refractivity contribution in [1.29, 1.82) is 0 Å². The lowest BCUT2D eigenvalue weighted by atomic mass is 10.2. The Morgan fingerprint density at radius 3 is 3.00 bits per heavy atom. The standard InChI is InChI=1S/C10H16BrN3O/c1-2-9(13-10(15)3-4-11)7-14-6-5-12-8-14/h5-6,8-9H,2-4,7H2,1H3,(H,13,15). The highest BCUT2D eigenvalue weighted by molar-refractivity contribution is 9.09. The van der Waals surface area contributed by atoms with Crippen LogP contribution in [-0.4, -0.2) is 26.8 Å². The van der Waals surface area contributed by atoms with Gasteiger partial charge >= 0.3 is 0 Å². The molecule has 0 bridgehead atoms. The predicted molar refractivity (Wildman–Crippen MR) is 62.9 cm³/mol. The molecule has 0 saturated carbocycles. The van der Waals surface area contributed by atoms with Crippen LogP contribution in [0, 0.1) is 0 Å². The quantitative estimate of drug-likeness (QED) is 0.800. The highest BCUT2D eigenvalue weighted by Crippen LogP contribution is 1.98. The second kappa shape index (κ2) is 6.61. The molecule has 0 radical (unpaired) electrons. The smallest absolute Gasteiger partial charge is 0.221 e. The third-order valence-electron chi connectivity index (χ3n) is 2.17. The largest absolute Gasteiger partial charge is 0.352 e. The van der Waals surface area contributed by atoms with Crippen molar-refractivity contribution in [1.82, 2.24) is 14.9 Å². The first-order valence-corrected chi connectivity index (χ1v) is 6.19. The molecule has 0 aliphatic rings. The summed E-state index contributed by atoms with van der Waals surface area (Å²) in [6.07, 6.45) is 6.86. The van der Waals surface area contributed by atoms with Gasteiger partial charge in [-0.15, -0.1) is 0 Å². The first kappa shape index (κ1) is 12.2. The molecule has 4 nitrogen and oxygen atoms in total. The second-order valence-electron chi connectivity index (χ2n) is 3.37. The summed E-state index contributed by atoms with van der Waals surface area (Å²) in [4.78, 5) is 15.3. The van der Waals surface area contributed by atoms with Crippen molar-refractivity contribution < 1.29 is 4.79 Å². The molecule has 1 heterocycles. The molecule has 1 rings (SSSR count). The van der Waals surface area contributed by atoms with Gasteiger partial charge in [0.05, 0.1) is 6.33 Å². The minimum absolute atomic E-state index is 0.0961. The Kier molecular flexibility index (Phi) is 5.39. The fourth-order valence-electron chi connectivity index (χ4n) is 1.31. The molecule has 1 aromatic heterocycles. The molecule has 15 heavy (non-hydrogen) atoms. The van der Waals surface area contributed by atoms with Gasteiger partial charge in [0.25, 0.3) is 0 Å². The lowest BCUT2D eigenvalue weighted by molar-refractivity contribution is -0.121. The first-order chi connectivity index (χ1) is 7.26. The van der Waals surface area contributed by atoms with Gasteiger partial charge in [-0.05, 0) is 6.42 Å². The second-order valence-corrected chi connectivity index (χ2v) is 4.16. The maximum absolute atomic E-state index is 11.4. The lowest BCUT2D eigenvalue weighted by Gasteiger charge is -2.17. The van der Waals surface area contributed by atoms with Gasteiger partial charge in [0.1, 0.15) is 0 Å². The number of amides is 1. The summed E-state index contributed by atoms with van der Waals surface area (Å²) in [5, 5.41) is 3.70. The zero-order chi connectivity index (χ0) is 11.1. The summed E-state index contributed by atoms with van der Waals surface area (Å²) >= 11 is 3.25. The van der Waals surface area contributed by atoms with Crippen molar-refractivity contribution in [3.05, 3.63) is 18.7 Å². The monoisotopic (exact) mass is 273 g/mol. The summed E-state index contributed by atoms with van der Waals surface area (Å²) in [6.45, 7) is 2.85. The number of rotatable bonds is 6. The molecular weight excluding hydrogens is 258 g/mol. The number of halogens is 1. The van der Waals surface area contributed by atoms with Gasteiger partial charge in [0, 0.05) is 36.7 Å². The number of carbonyl (C=O) groups is 1. The highest BCUT2D eigenvalue weighted by atomic mass is 79.9. The van der Waals surface area contributed by atoms with Crippen molar-refractivity contribution >= 4 is 21.8 Å². The number of aromatic nitrogens is 2. The Labute approximate surface area is 98.2 Å². The van der Waals surface area contributed by atoms with Crippen LogP contribution in [0.2, 0.25) is 0 Å². The van der Waals surface area contributed by atoms with Gasteiger partial charge in [-0.2, -0.15) is 0 Å². The number of nitrogens with zero attached hydrogens (tertiary/aromatic N) is 2. The van der Waals surface area contributed by atoms with E-state index in [-0.39, 0.29) is 11.9 Å². The predicted octanol–water partition coefficient (Wildman–Crippen LogP) is 1.56. The fourth-order valence-corrected chi connectivity index (χ4v) is 1.67. The first-order valence-electron chi connectivity index (χ1n) is 5.07. The molecule has 1 N–H and O–H groups in total. The molecule has 0 fully saturated rings. The summed E-state index contributed by atoms with van der Waals surface area (Å²) < 4.78 is 1.97. The van der Waals surface area contributed by atoms with Crippen molar-refractivity contribution in [3.8, 4) is 0 Å². The third kappa shape index (κ3) is 4.46. The maximum Gasteiger partial charge on any atom is 0.221 e. The number of nitrogens with one attached hydrogen (secondary N) is 1. The average Bonchev–Trinajstić information content (AvgIpc) is 2.70. The topological polar surface area (TPSA) is 46.9 Å². The Morgan fingerprint density at radius 1 is 1.67 bits per heavy atom. The zero-order valence-electron chi connectivity index (χ0n) is 8.82. The third-order valence-corrected chi connectivity index (χ3v) is 2.57. The van der Waals surface area contributed by atoms with E-state index >= 15 is 0 Å². The summed E-state index contributed by atoms with van der Waals surface area (Å²) in [5.41, 5.74) is 0. The molecule has 0 spiro atoms. The molecule has 1 atom stereocenters. The van der Waals surface area contributed by atoms with Crippen molar-refractivity contribution in [2.24, 2.45) is 0 Å². The number of hydrogen-bond acceptors (Lipinski definition) is 2. The van der Waals surface area contributed by atoms with Crippen LogP contribution < -0.4 is 5.32 Å². The van der Waals surface area contributed by atoms with Crippen LogP contribution in [0.5, 0.6) is 0 Å². The highest BCUT2D eigenvalue weighted by Gasteiger charge is 2.09. The molecule has 0 aliphatic carbocycles. The minimum Gasteiger partial charge on any atom is -0.352 e. The van der Waals surface area contributed by atoms with Gasteiger partial charge in [-0.25, -0.2) is 4.98 Å². The van der Waals surface area contributed by atoms with E-state index in [4.69, 9.17) is 0 Å². The van der Waals surface area contributed by atoms with Crippen LogP contribution in [0.4, 0.5) is 0 Å². The van der Waals surface area contributed by atoms with E-state index < -0.39 is 0 Å². The van der Waals surface area contributed by atoms with E-state index in [0.717, 1.165) is 13.0 Å². The number of alkyl halides is 1. The molecular formula is C10H16BrN3O. The van der Waals surface area contributed by atoms with E-state index in [0.29, 0.717) is 11.8 Å². The van der Waals surface area contributed by atoms with E-state index in [9.17, 15) is 4.79 Å². The fraction of sp³-hybridized carbons (Fsp3) is 0.600. The zero-order valence-corrected chi connectivity index (χ0v) is 10.4. The summed E-state index contributed by atoms with van der Waals surface area (Å²) in [7, 11) is 0. The molecule has 1 amide bonds. The van der Waals surface area contributed by atoms with Crippen molar-refractivity contribution in [3.63, 3.8) is 0 Å². The van der Waals surface area contributed by atoms with Crippen LogP contribution in [0.1, 0.15) is 19.8 Å². The molecule has 0 aromatic carbocycles. The van der Waals surface area contributed by atoms with Crippen LogP contribution in [0.25, 0.3) is 0 Å². The Morgan fingerprint density at radius 2 is 2.47 bits per heavy atom. The molecule has 5 heteroatoms. The number of hydrogen-bond donors (Lipinski definition) is 1. The van der Waals surface area contributed by atoms with Gasteiger partial charge in [-0.3, -0.25) is 4.79 Å². The van der Waals surface area contributed by atoms with Gasteiger partial charge in [0.2, 0.25) is 5.91 Å². The van der Waals surface area contributed by atoms with E-state index in [2.05, 4.69) is 33.2 Å².